The van der Waals surface area contributed by atoms with Crippen LogP contribution in [-0.4, -0.2) is 35.6 Å². The summed E-state index contributed by atoms with van der Waals surface area (Å²) in [5.41, 5.74) is -0.401. The van der Waals surface area contributed by atoms with Gasteiger partial charge in [0.15, 0.2) is 0 Å². The molecule has 1 aliphatic heterocycles. The minimum Gasteiger partial charge on any atom is -0.444 e. The van der Waals surface area contributed by atoms with E-state index in [1.807, 2.05) is 20.8 Å². The highest BCUT2D eigenvalue weighted by Crippen LogP contribution is 2.22. The number of carbonyl (C=O) groups excluding carboxylic acids is 1. The predicted molar refractivity (Wildman–Crippen MR) is 61.3 cm³/mol. The van der Waals surface area contributed by atoms with Crippen LogP contribution < -0.4 is 0 Å². The van der Waals surface area contributed by atoms with Crippen molar-refractivity contribution in [3.63, 3.8) is 0 Å². The minimum absolute atomic E-state index is 0.195. The maximum atomic E-state index is 11.7. The van der Waals surface area contributed by atoms with Crippen LogP contribution in [0.2, 0.25) is 0 Å². The first-order valence-electron chi connectivity index (χ1n) is 5.46. The standard InChI is InChI=1S/C11H20ClNO2/c1-11(2,3)15-10(14)13-7-5-9(8-13)4-6-12/h9H,4-8H2,1-3H3/t9-/m0/s1. The Labute approximate surface area is 96.7 Å². The van der Waals surface area contributed by atoms with Crippen LogP contribution in [0.5, 0.6) is 0 Å². The van der Waals surface area contributed by atoms with Crippen molar-refractivity contribution in [1.29, 1.82) is 0 Å². The Hall–Kier alpha value is -0.440. The number of likely N-dealkylation sites (tertiary alicyclic amines) is 1. The van der Waals surface area contributed by atoms with Crippen molar-refractivity contribution in [1.82, 2.24) is 4.90 Å². The van der Waals surface area contributed by atoms with Crippen LogP contribution >= 0.6 is 11.6 Å². The number of rotatable bonds is 2. The van der Waals surface area contributed by atoms with Crippen LogP contribution in [-0.2, 0) is 4.74 Å². The fourth-order valence-corrected chi connectivity index (χ4v) is 2.02. The van der Waals surface area contributed by atoms with Crippen molar-refractivity contribution < 1.29 is 9.53 Å². The molecule has 0 aromatic heterocycles. The molecule has 1 amide bonds. The summed E-state index contributed by atoms with van der Waals surface area (Å²) >= 11 is 5.68. The number of carbonyl (C=O) groups is 1. The molecule has 1 saturated heterocycles. The van der Waals surface area contributed by atoms with Crippen molar-refractivity contribution in [3.8, 4) is 0 Å². The van der Waals surface area contributed by atoms with Gasteiger partial charge in [0, 0.05) is 19.0 Å². The molecule has 0 N–H and O–H groups in total. The molecule has 0 spiro atoms. The zero-order chi connectivity index (χ0) is 11.5. The van der Waals surface area contributed by atoms with Gasteiger partial charge in [0.2, 0.25) is 0 Å². The molecule has 0 aliphatic carbocycles. The molecule has 88 valence electrons. The smallest absolute Gasteiger partial charge is 0.410 e. The van der Waals surface area contributed by atoms with E-state index in [2.05, 4.69) is 0 Å². The van der Waals surface area contributed by atoms with Crippen LogP contribution in [0.25, 0.3) is 0 Å². The highest BCUT2D eigenvalue weighted by molar-refractivity contribution is 6.17. The first-order chi connectivity index (χ1) is 6.92. The number of halogens is 1. The van der Waals surface area contributed by atoms with Gasteiger partial charge >= 0.3 is 6.09 Å². The molecule has 1 rings (SSSR count). The molecular formula is C11H20ClNO2. The van der Waals surface area contributed by atoms with E-state index in [9.17, 15) is 4.79 Å². The third-order valence-corrected chi connectivity index (χ3v) is 2.67. The number of alkyl halides is 1. The monoisotopic (exact) mass is 233 g/mol. The zero-order valence-corrected chi connectivity index (χ0v) is 10.5. The molecule has 1 heterocycles. The molecule has 0 saturated carbocycles. The van der Waals surface area contributed by atoms with Crippen LogP contribution in [0.1, 0.15) is 33.6 Å². The summed E-state index contributed by atoms with van der Waals surface area (Å²) < 4.78 is 5.30. The van der Waals surface area contributed by atoms with Gasteiger partial charge in [-0.25, -0.2) is 4.79 Å². The molecule has 0 radical (unpaired) electrons. The summed E-state index contributed by atoms with van der Waals surface area (Å²) in [7, 11) is 0. The molecule has 1 atom stereocenters. The molecule has 3 nitrogen and oxygen atoms in total. The molecule has 4 heteroatoms. The van der Waals surface area contributed by atoms with Crippen molar-refractivity contribution >= 4 is 17.7 Å². The first kappa shape index (κ1) is 12.6. The van der Waals surface area contributed by atoms with Gasteiger partial charge in [-0.2, -0.15) is 0 Å². The van der Waals surface area contributed by atoms with Gasteiger partial charge in [0.05, 0.1) is 0 Å². The van der Waals surface area contributed by atoms with E-state index in [4.69, 9.17) is 16.3 Å². The van der Waals surface area contributed by atoms with E-state index in [1.165, 1.54) is 0 Å². The maximum absolute atomic E-state index is 11.7. The fourth-order valence-electron chi connectivity index (χ4n) is 1.71. The zero-order valence-electron chi connectivity index (χ0n) is 9.75. The van der Waals surface area contributed by atoms with Crippen LogP contribution in [0.4, 0.5) is 4.79 Å². The van der Waals surface area contributed by atoms with Gasteiger partial charge in [0.25, 0.3) is 0 Å². The number of nitrogens with zero attached hydrogens (tertiary/aromatic N) is 1. The summed E-state index contributed by atoms with van der Waals surface area (Å²) in [6.07, 6.45) is 1.84. The van der Waals surface area contributed by atoms with E-state index >= 15 is 0 Å². The van der Waals surface area contributed by atoms with Gasteiger partial charge in [-0.15, -0.1) is 11.6 Å². The lowest BCUT2D eigenvalue weighted by Crippen LogP contribution is -2.35. The van der Waals surface area contributed by atoms with E-state index in [0.717, 1.165) is 25.9 Å². The third-order valence-electron chi connectivity index (χ3n) is 2.45. The van der Waals surface area contributed by atoms with Gasteiger partial charge < -0.3 is 9.64 Å². The molecule has 0 aromatic carbocycles. The molecule has 0 bridgehead atoms. The van der Waals surface area contributed by atoms with Crippen molar-refractivity contribution in [3.05, 3.63) is 0 Å². The van der Waals surface area contributed by atoms with E-state index < -0.39 is 5.60 Å². The van der Waals surface area contributed by atoms with E-state index in [-0.39, 0.29) is 6.09 Å². The Morgan fingerprint density at radius 1 is 1.53 bits per heavy atom. The highest BCUT2D eigenvalue weighted by atomic mass is 35.5. The van der Waals surface area contributed by atoms with E-state index in [1.54, 1.807) is 4.90 Å². The van der Waals surface area contributed by atoms with Gasteiger partial charge in [-0.3, -0.25) is 0 Å². The average molecular weight is 234 g/mol. The van der Waals surface area contributed by atoms with Gasteiger partial charge in [-0.05, 0) is 39.5 Å². The summed E-state index contributed by atoms with van der Waals surface area (Å²) in [5, 5.41) is 0. The first-order valence-corrected chi connectivity index (χ1v) is 5.99. The topological polar surface area (TPSA) is 29.5 Å². The number of ether oxygens (including phenoxy) is 1. The van der Waals surface area contributed by atoms with Crippen LogP contribution in [0, 0.1) is 5.92 Å². The van der Waals surface area contributed by atoms with Crippen molar-refractivity contribution in [2.45, 2.75) is 39.2 Å². The Kier molecular flexibility index (Phi) is 4.26. The highest BCUT2D eigenvalue weighted by Gasteiger charge is 2.29. The molecule has 1 fully saturated rings. The van der Waals surface area contributed by atoms with Gasteiger partial charge in [0.1, 0.15) is 5.60 Å². The summed E-state index contributed by atoms with van der Waals surface area (Å²) in [6, 6.07) is 0. The van der Waals surface area contributed by atoms with Gasteiger partial charge in [-0.1, -0.05) is 0 Å². The minimum atomic E-state index is -0.401. The largest absolute Gasteiger partial charge is 0.444 e. The molecule has 0 aromatic rings. The van der Waals surface area contributed by atoms with Crippen molar-refractivity contribution in [2.75, 3.05) is 19.0 Å². The second kappa shape index (κ2) is 5.06. The number of amides is 1. The number of hydrogen-bond donors (Lipinski definition) is 0. The normalized spacial score (nSPS) is 21.9. The molecule has 0 unspecified atom stereocenters. The second-order valence-electron chi connectivity index (χ2n) is 5.06. The maximum Gasteiger partial charge on any atom is 0.410 e. The van der Waals surface area contributed by atoms with Crippen LogP contribution in [0.15, 0.2) is 0 Å². The quantitative estimate of drug-likeness (QED) is 0.687. The van der Waals surface area contributed by atoms with Crippen LogP contribution in [0.3, 0.4) is 0 Å². The Morgan fingerprint density at radius 3 is 2.73 bits per heavy atom. The third kappa shape index (κ3) is 4.29. The Bertz CT molecular complexity index is 225. The van der Waals surface area contributed by atoms with Crippen molar-refractivity contribution in [2.24, 2.45) is 5.92 Å². The SMILES string of the molecule is CC(C)(C)OC(=O)N1CC[C@H](CCCl)C1. The summed E-state index contributed by atoms with van der Waals surface area (Å²) in [4.78, 5) is 13.5. The summed E-state index contributed by atoms with van der Waals surface area (Å²) in [6.45, 7) is 7.25. The van der Waals surface area contributed by atoms with E-state index in [0.29, 0.717) is 11.8 Å². The molecule has 1 aliphatic rings. The molecular weight excluding hydrogens is 214 g/mol. The lowest BCUT2D eigenvalue weighted by Gasteiger charge is -2.24. The lowest BCUT2D eigenvalue weighted by atomic mass is 10.1. The Balaban J connectivity index is 2.37. The summed E-state index contributed by atoms with van der Waals surface area (Å²) in [5.74, 6) is 1.22. The second-order valence-corrected chi connectivity index (χ2v) is 5.44. The lowest BCUT2D eigenvalue weighted by molar-refractivity contribution is 0.0288. The number of hydrogen-bond acceptors (Lipinski definition) is 2. The molecule has 15 heavy (non-hydrogen) atoms. The predicted octanol–water partition coefficient (Wildman–Crippen LogP) is 2.87. The fraction of sp³-hybridized carbons (Fsp3) is 0.909. The average Bonchev–Trinajstić information content (AvgIpc) is 2.50. The Morgan fingerprint density at radius 2 is 2.20 bits per heavy atom.